The van der Waals surface area contributed by atoms with Crippen LogP contribution in [0.4, 0.5) is 16.5 Å². The number of carbonyl (C=O) groups excluding carboxylic acids is 1. The fourth-order valence-electron chi connectivity index (χ4n) is 3.48. The predicted molar refractivity (Wildman–Crippen MR) is 122 cm³/mol. The first-order valence-corrected chi connectivity index (χ1v) is 12.0. The Bertz CT molecular complexity index is 1160. The van der Waals surface area contributed by atoms with Gasteiger partial charge in [0.1, 0.15) is 5.75 Å². The van der Waals surface area contributed by atoms with Gasteiger partial charge >= 0.3 is 0 Å². The largest absolute Gasteiger partial charge is 0.497 e. The molecule has 8 nitrogen and oxygen atoms in total. The van der Waals surface area contributed by atoms with Crippen LogP contribution in [0.2, 0.25) is 0 Å². The molecule has 1 amide bonds. The minimum absolute atomic E-state index is 0.0969. The number of anilines is 3. The van der Waals surface area contributed by atoms with Crippen LogP contribution < -0.4 is 19.7 Å². The topological polar surface area (TPSA) is 101 Å². The van der Waals surface area contributed by atoms with Crippen LogP contribution in [0.3, 0.4) is 0 Å². The van der Waals surface area contributed by atoms with Crippen LogP contribution in [0.25, 0.3) is 0 Å². The fourth-order valence-corrected chi connectivity index (χ4v) is 5.27. The number of aryl methyl sites for hydroxylation is 1. The third-order valence-electron chi connectivity index (χ3n) is 4.94. The molecule has 0 spiro atoms. The molecule has 2 heterocycles. The Balaban J connectivity index is 1.40. The third kappa shape index (κ3) is 4.97. The van der Waals surface area contributed by atoms with E-state index in [4.69, 9.17) is 4.74 Å². The van der Waals surface area contributed by atoms with E-state index >= 15 is 0 Å². The van der Waals surface area contributed by atoms with E-state index in [2.05, 4.69) is 15.0 Å². The van der Waals surface area contributed by atoms with Crippen molar-refractivity contribution in [3.8, 4) is 5.75 Å². The second-order valence-electron chi connectivity index (χ2n) is 7.04. The smallest absolute Gasteiger partial charge is 0.263 e. The maximum Gasteiger partial charge on any atom is 0.263 e. The highest BCUT2D eigenvalue weighted by Gasteiger charge is 2.20. The highest BCUT2D eigenvalue weighted by Crippen LogP contribution is 2.30. The summed E-state index contributed by atoms with van der Waals surface area (Å²) in [5.74, 6) is 0.643. The SMILES string of the molecule is COc1ccc2c(c1)CCCN2CC(=O)Nc1ccc(S(=O)(=O)Nc2nccs2)cc1. The van der Waals surface area contributed by atoms with Gasteiger partial charge in [0.25, 0.3) is 10.0 Å². The van der Waals surface area contributed by atoms with E-state index in [-0.39, 0.29) is 17.3 Å². The van der Waals surface area contributed by atoms with Crippen molar-refractivity contribution in [2.75, 3.05) is 35.1 Å². The molecule has 162 valence electrons. The highest BCUT2D eigenvalue weighted by molar-refractivity contribution is 7.93. The summed E-state index contributed by atoms with van der Waals surface area (Å²) in [6.45, 7) is 1.01. The number of ether oxygens (including phenoxy) is 1. The maximum absolute atomic E-state index is 12.6. The number of sulfonamides is 1. The minimum Gasteiger partial charge on any atom is -0.497 e. The van der Waals surface area contributed by atoms with Gasteiger partial charge in [-0.15, -0.1) is 11.3 Å². The Morgan fingerprint density at radius 3 is 2.74 bits per heavy atom. The molecule has 0 fully saturated rings. The Morgan fingerprint density at radius 2 is 2.03 bits per heavy atom. The molecule has 3 aromatic rings. The van der Waals surface area contributed by atoms with E-state index < -0.39 is 10.0 Å². The second kappa shape index (κ2) is 8.94. The van der Waals surface area contributed by atoms with Gasteiger partial charge in [0.2, 0.25) is 5.91 Å². The predicted octanol–water partition coefficient (Wildman–Crippen LogP) is 3.34. The summed E-state index contributed by atoms with van der Waals surface area (Å²) in [6, 6.07) is 11.9. The van der Waals surface area contributed by atoms with Gasteiger partial charge in [-0.05, 0) is 60.9 Å². The van der Waals surface area contributed by atoms with Gasteiger partial charge in [0.05, 0.1) is 18.6 Å². The van der Waals surface area contributed by atoms with E-state index in [1.165, 1.54) is 35.2 Å². The first-order valence-electron chi connectivity index (χ1n) is 9.69. The van der Waals surface area contributed by atoms with Crippen molar-refractivity contribution < 1.29 is 17.9 Å². The number of thiazole rings is 1. The molecular formula is C21H22N4O4S2. The Hall–Kier alpha value is -3.11. The van der Waals surface area contributed by atoms with Crippen LogP contribution in [0.5, 0.6) is 5.75 Å². The number of hydrogen-bond acceptors (Lipinski definition) is 7. The highest BCUT2D eigenvalue weighted by atomic mass is 32.2. The lowest BCUT2D eigenvalue weighted by Gasteiger charge is -2.31. The number of fused-ring (bicyclic) bond motifs is 1. The van der Waals surface area contributed by atoms with Crippen molar-refractivity contribution in [2.45, 2.75) is 17.7 Å². The zero-order valence-electron chi connectivity index (χ0n) is 16.9. The summed E-state index contributed by atoms with van der Waals surface area (Å²) in [6.07, 6.45) is 3.44. The molecule has 0 saturated heterocycles. The zero-order chi connectivity index (χ0) is 21.8. The molecule has 1 aliphatic rings. The summed E-state index contributed by atoms with van der Waals surface area (Å²) in [4.78, 5) is 18.7. The molecule has 1 aliphatic heterocycles. The van der Waals surface area contributed by atoms with Crippen LogP contribution in [0, 0.1) is 0 Å². The molecule has 1 aromatic heterocycles. The number of carbonyl (C=O) groups is 1. The summed E-state index contributed by atoms with van der Waals surface area (Å²) >= 11 is 1.20. The molecule has 2 aromatic carbocycles. The summed E-state index contributed by atoms with van der Waals surface area (Å²) < 4.78 is 32.5. The molecule has 0 saturated carbocycles. The van der Waals surface area contributed by atoms with Crippen LogP contribution in [0.15, 0.2) is 58.9 Å². The molecule has 0 atom stereocenters. The summed E-state index contributed by atoms with van der Waals surface area (Å²) in [7, 11) is -2.08. The van der Waals surface area contributed by atoms with Gasteiger partial charge < -0.3 is 15.0 Å². The number of methoxy groups -OCH3 is 1. The Kier molecular flexibility index (Phi) is 6.10. The molecule has 0 bridgehead atoms. The monoisotopic (exact) mass is 458 g/mol. The molecular weight excluding hydrogens is 436 g/mol. The van der Waals surface area contributed by atoms with Crippen molar-refractivity contribution in [3.05, 3.63) is 59.6 Å². The van der Waals surface area contributed by atoms with Gasteiger partial charge in [-0.3, -0.25) is 9.52 Å². The lowest BCUT2D eigenvalue weighted by atomic mass is 10.0. The number of benzene rings is 2. The van der Waals surface area contributed by atoms with Gasteiger partial charge in [-0.1, -0.05) is 0 Å². The number of nitrogens with zero attached hydrogens (tertiary/aromatic N) is 2. The fraction of sp³-hybridized carbons (Fsp3) is 0.238. The number of nitrogens with one attached hydrogen (secondary N) is 2. The Morgan fingerprint density at radius 1 is 1.23 bits per heavy atom. The Labute approximate surface area is 184 Å². The number of hydrogen-bond donors (Lipinski definition) is 2. The van der Waals surface area contributed by atoms with Crippen molar-refractivity contribution in [1.82, 2.24) is 4.98 Å². The van der Waals surface area contributed by atoms with Crippen LogP contribution in [-0.4, -0.2) is 39.5 Å². The van der Waals surface area contributed by atoms with Crippen molar-refractivity contribution >= 4 is 43.8 Å². The molecule has 10 heteroatoms. The second-order valence-corrected chi connectivity index (χ2v) is 9.61. The van der Waals surface area contributed by atoms with E-state index in [0.717, 1.165) is 30.8 Å². The molecule has 2 N–H and O–H groups in total. The summed E-state index contributed by atoms with van der Waals surface area (Å²) in [5, 5.41) is 4.83. The lowest BCUT2D eigenvalue weighted by Crippen LogP contribution is -2.36. The van der Waals surface area contributed by atoms with E-state index in [9.17, 15) is 13.2 Å². The third-order valence-corrected chi connectivity index (χ3v) is 7.11. The molecule has 0 unspecified atom stereocenters. The number of aromatic nitrogens is 1. The number of rotatable bonds is 7. The average molecular weight is 459 g/mol. The van der Waals surface area contributed by atoms with E-state index in [1.54, 1.807) is 24.6 Å². The first kappa shape index (κ1) is 21.1. The minimum atomic E-state index is -3.72. The van der Waals surface area contributed by atoms with Gasteiger partial charge in [0, 0.05) is 29.5 Å². The maximum atomic E-state index is 12.6. The van der Waals surface area contributed by atoms with Crippen LogP contribution in [-0.2, 0) is 21.2 Å². The number of amides is 1. The molecule has 4 rings (SSSR count). The van der Waals surface area contributed by atoms with Gasteiger partial charge in [-0.25, -0.2) is 13.4 Å². The lowest BCUT2D eigenvalue weighted by molar-refractivity contribution is -0.115. The standard InChI is InChI=1S/C21H22N4O4S2/c1-29-17-6-9-19-15(13-17)3-2-11-25(19)14-20(26)23-16-4-7-18(8-5-16)31(27,28)24-21-22-10-12-30-21/h4-10,12-13H,2-3,11,14H2,1H3,(H,22,24)(H,23,26). The summed E-state index contributed by atoms with van der Waals surface area (Å²) in [5.41, 5.74) is 2.74. The van der Waals surface area contributed by atoms with E-state index in [1.807, 2.05) is 23.1 Å². The van der Waals surface area contributed by atoms with E-state index in [0.29, 0.717) is 10.8 Å². The first-order chi connectivity index (χ1) is 14.9. The quantitative estimate of drug-likeness (QED) is 0.563. The molecule has 31 heavy (non-hydrogen) atoms. The van der Waals surface area contributed by atoms with Crippen molar-refractivity contribution in [1.29, 1.82) is 0 Å². The molecule has 0 radical (unpaired) electrons. The van der Waals surface area contributed by atoms with Crippen LogP contribution >= 0.6 is 11.3 Å². The average Bonchev–Trinajstić information content (AvgIpc) is 3.26. The molecule has 0 aliphatic carbocycles. The van der Waals surface area contributed by atoms with Gasteiger partial charge in [0.15, 0.2) is 5.13 Å². The van der Waals surface area contributed by atoms with Crippen molar-refractivity contribution in [2.24, 2.45) is 0 Å². The van der Waals surface area contributed by atoms with Gasteiger partial charge in [-0.2, -0.15) is 0 Å². The zero-order valence-corrected chi connectivity index (χ0v) is 18.5. The normalized spacial score (nSPS) is 13.4. The van der Waals surface area contributed by atoms with Crippen molar-refractivity contribution in [3.63, 3.8) is 0 Å². The van der Waals surface area contributed by atoms with Crippen LogP contribution in [0.1, 0.15) is 12.0 Å².